The summed E-state index contributed by atoms with van der Waals surface area (Å²) in [6, 6.07) is 22.9. The number of rotatable bonds is 14. The van der Waals surface area contributed by atoms with Gasteiger partial charge in [0.2, 0.25) is 0 Å². The average Bonchev–Trinajstić information content (AvgIpc) is 3.76. The normalized spacial score (nSPS) is 27.0. The van der Waals surface area contributed by atoms with Crippen molar-refractivity contribution >= 4 is 0 Å². The Morgan fingerprint density at radius 2 is 1.06 bits per heavy atom. The smallest absolute Gasteiger partial charge is 0.0438 e. The molecule has 2 aromatic carbocycles. The second-order valence-electron chi connectivity index (χ2n) is 11.7. The third kappa shape index (κ3) is 5.36. The summed E-state index contributed by atoms with van der Waals surface area (Å²) in [5, 5.41) is 8.09. The maximum absolute atomic E-state index is 7.02. The summed E-state index contributed by atoms with van der Waals surface area (Å²) >= 11 is 0. The molecule has 6 N–H and O–H groups in total. The SMILES string of the molecule is CCCC(NC1(c2ccccc2)CC1)C(N)C1CC1C(N)C(CCC)NC1(c2ccccc2)CC1. The maximum Gasteiger partial charge on any atom is 0.0438 e. The summed E-state index contributed by atoms with van der Waals surface area (Å²) in [7, 11) is 0. The Bertz CT molecular complexity index is 859. The molecule has 3 fully saturated rings. The van der Waals surface area contributed by atoms with Gasteiger partial charge in [0.1, 0.15) is 0 Å². The van der Waals surface area contributed by atoms with Gasteiger partial charge in [-0.2, -0.15) is 0 Å². The summed E-state index contributed by atoms with van der Waals surface area (Å²) in [5.74, 6) is 1.04. The monoisotopic (exact) mass is 474 g/mol. The third-order valence-corrected chi connectivity index (χ3v) is 9.08. The van der Waals surface area contributed by atoms with Crippen molar-refractivity contribution in [2.45, 2.75) is 107 Å². The van der Waals surface area contributed by atoms with Gasteiger partial charge in [0.15, 0.2) is 0 Å². The predicted octanol–water partition coefficient (Wildman–Crippen LogP) is 5.17. The lowest BCUT2D eigenvalue weighted by Crippen LogP contribution is -2.53. The Morgan fingerprint density at radius 1 is 0.686 bits per heavy atom. The van der Waals surface area contributed by atoms with Crippen LogP contribution in [0.25, 0.3) is 0 Å². The molecule has 3 aliphatic carbocycles. The lowest BCUT2D eigenvalue weighted by Gasteiger charge is -2.33. The molecular formula is C31H46N4. The standard InChI is InChI=1S/C31H46N4/c1-3-11-26(34-30(17-18-30)22-13-7-5-8-14-22)28(32)24-21-25(24)29(33)27(12-4-2)35-31(19-20-31)23-15-9-6-10-16-23/h5-10,13-16,24-29,34-35H,3-4,11-12,17-21,32-33H2,1-2H3. The zero-order chi connectivity index (χ0) is 24.5. The van der Waals surface area contributed by atoms with Crippen molar-refractivity contribution in [3.05, 3.63) is 71.8 Å². The average molecular weight is 475 g/mol. The first-order valence-corrected chi connectivity index (χ1v) is 14.2. The van der Waals surface area contributed by atoms with Gasteiger partial charge >= 0.3 is 0 Å². The molecule has 190 valence electrons. The van der Waals surface area contributed by atoms with Gasteiger partial charge in [0.05, 0.1) is 0 Å². The minimum absolute atomic E-state index is 0.131. The largest absolute Gasteiger partial charge is 0.326 e. The van der Waals surface area contributed by atoms with E-state index in [0.29, 0.717) is 23.9 Å². The van der Waals surface area contributed by atoms with Gasteiger partial charge in [0, 0.05) is 35.2 Å². The number of nitrogens with two attached hydrogens (primary N) is 2. The van der Waals surface area contributed by atoms with Gasteiger partial charge in [0.25, 0.3) is 0 Å². The summed E-state index contributed by atoms with van der Waals surface area (Å²) in [5.41, 5.74) is 17.1. The summed E-state index contributed by atoms with van der Waals surface area (Å²) in [6.45, 7) is 4.55. The second kappa shape index (κ2) is 10.3. The van der Waals surface area contributed by atoms with Crippen LogP contribution in [0, 0.1) is 11.8 Å². The molecule has 0 spiro atoms. The van der Waals surface area contributed by atoms with E-state index in [2.05, 4.69) is 85.1 Å². The van der Waals surface area contributed by atoms with E-state index < -0.39 is 0 Å². The minimum atomic E-state index is 0.131. The molecule has 35 heavy (non-hydrogen) atoms. The van der Waals surface area contributed by atoms with Crippen LogP contribution >= 0.6 is 0 Å². The Kier molecular flexibility index (Phi) is 7.37. The molecule has 4 nitrogen and oxygen atoms in total. The fourth-order valence-electron chi connectivity index (χ4n) is 6.57. The number of hydrogen-bond donors (Lipinski definition) is 4. The van der Waals surface area contributed by atoms with Crippen LogP contribution in [-0.2, 0) is 11.1 Å². The van der Waals surface area contributed by atoms with E-state index in [0.717, 1.165) is 25.7 Å². The number of nitrogens with one attached hydrogen (secondary N) is 2. The Balaban J connectivity index is 1.23. The van der Waals surface area contributed by atoms with Crippen LogP contribution in [0.3, 0.4) is 0 Å². The van der Waals surface area contributed by atoms with Gasteiger partial charge < -0.3 is 22.1 Å². The first-order chi connectivity index (χ1) is 17.0. The van der Waals surface area contributed by atoms with Crippen LogP contribution in [0.5, 0.6) is 0 Å². The molecule has 0 heterocycles. The number of benzene rings is 2. The summed E-state index contributed by atoms with van der Waals surface area (Å²) in [4.78, 5) is 0. The van der Waals surface area contributed by atoms with E-state index in [1.165, 1.54) is 43.2 Å². The Hall–Kier alpha value is -1.72. The second-order valence-corrected chi connectivity index (χ2v) is 11.7. The van der Waals surface area contributed by atoms with Crippen molar-refractivity contribution in [1.82, 2.24) is 10.6 Å². The molecular weight excluding hydrogens is 428 g/mol. The molecule has 6 unspecified atom stereocenters. The van der Waals surface area contributed by atoms with Crippen molar-refractivity contribution in [3.8, 4) is 0 Å². The van der Waals surface area contributed by atoms with E-state index in [1.807, 2.05) is 0 Å². The van der Waals surface area contributed by atoms with E-state index in [9.17, 15) is 0 Å². The van der Waals surface area contributed by atoms with Gasteiger partial charge in [-0.05, 0) is 67.9 Å². The Labute approximate surface area is 212 Å². The molecule has 0 amide bonds. The van der Waals surface area contributed by atoms with E-state index in [-0.39, 0.29) is 23.2 Å². The first kappa shape index (κ1) is 25.0. The fraction of sp³-hybridized carbons (Fsp3) is 0.613. The van der Waals surface area contributed by atoms with E-state index in [1.54, 1.807) is 0 Å². The zero-order valence-electron chi connectivity index (χ0n) is 21.8. The lowest BCUT2D eigenvalue weighted by atomic mass is 9.91. The van der Waals surface area contributed by atoms with E-state index >= 15 is 0 Å². The molecule has 0 aliphatic heterocycles. The fourth-order valence-corrected chi connectivity index (χ4v) is 6.57. The highest BCUT2D eigenvalue weighted by Crippen LogP contribution is 2.50. The minimum Gasteiger partial charge on any atom is -0.326 e. The van der Waals surface area contributed by atoms with Crippen molar-refractivity contribution < 1.29 is 0 Å². The zero-order valence-corrected chi connectivity index (χ0v) is 21.8. The molecule has 0 radical (unpaired) electrons. The van der Waals surface area contributed by atoms with Crippen LogP contribution in [-0.4, -0.2) is 24.2 Å². The molecule has 5 rings (SSSR count). The van der Waals surface area contributed by atoms with Crippen LogP contribution in [0.15, 0.2) is 60.7 Å². The molecule has 2 aromatic rings. The summed E-state index contributed by atoms with van der Waals surface area (Å²) in [6.07, 6.45) is 10.6. The molecule has 0 bridgehead atoms. The first-order valence-electron chi connectivity index (χ1n) is 14.2. The van der Waals surface area contributed by atoms with Crippen molar-refractivity contribution in [2.24, 2.45) is 23.3 Å². The molecule has 3 saturated carbocycles. The Morgan fingerprint density at radius 3 is 1.37 bits per heavy atom. The number of hydrogen-bond acceptors (Lipinski definition) is 4. The van der Waals surface area contributed by atoms with Gasteiger partial charge in [-0.1, -0.05) is 87.4 Å². The molecule has 6 atom stereocenters. The van der Waals surface area contributed by atoms with Crippen LogP contribution in [0.4, 0.5) is 0 Å². The van der Waals surface area contributed by atoms with Crippen LogP contribution in [0.2, 0.25) is 0 Å². The topological polar surface area (TPSA) is 76.1 Å². The summed E-state index contributed by atoms with van der Waals surface area (Å²) < 4.78 is 0. The lowest BCUT2D eigenvalue weighted by molar-refractivity contribution is 0.289. The highest BCUT2D eigenvalue weighted by atomic mass is 15.1. The third-order valence-electron chi connectivity index (χ3n) is 9.08. The van der Waals surface area contributed by atoms with Gasteiger partial charge in [-0.15, -0.1) is 0 Å². The van der Waals surface area contributed by atoms with Gasteiger partial charge in [-0.25, -0.2) is 0 Å². The van der Waals surface area contributed by atoms with Crippen molar-refractivity contribution in [3.63, 3.8) is 0 Å². The highest BCUT2D eigenvalue weighted by Gasteiger charge is 2.53. The quantitative estimate of drug-likeness (QED) is 0.305. The van der Waals surface area contributed by atoms with Crippen LogP contribution in [0.1, 0.15) is 82.8 Å². The predicted molar refractivity (Wildman–Crippen MR) is 146 cm³/mol. The van der Waals surface area contributed by atoms with E-state index in [4.69, 9.17) is 11.5 Å². The van der Waals surface area contributed by atoms with Crippen molar-refractivity contribution in [2.75, 3.05) is 0 Å². The molecule has 0 saturated heterocycles. The van der Waals surface area contributed by atoms with Gasteiger partial charge in [-0.3, -0.25) is 0 Å². The van der Waals surface area contributed by atoms with Crippen LogP contribution < -0.4 is 22.1 Å². The maximum atomic E-state index is 7.02. The molecule has 3 aliphatic rings. The van der Waals surface area contributed by atoms with Crippen molar-refractivity contribution in [1.29, 1.82) is 0 Å². The molecule has 0 aromatic heterocycles. The molecule has 4 heteroatoms. The highest BCUT2D eigenvalue weighted by molar-refractivity contribution is 5.31.